The van der Waals surface area contributed by atoms with Crippen molar-refractivity contribution in [2.24, 2.45) is 0 Å². The van der Waals surface area contributed by atoms with Gasteiger partial charge in [0.2, 0.25) is 0 Å². The van der Waals surface area contributed by atoms with Crippen LogP contribution in [0.4, 0.5) is 0 Å². The van der Waals surface area contributed by atoms with Gasteiger partial charge in [-0.3, -0.25) is 4.79 Å². The first kappa shape index (κ1) is 36.4. The monoisotopic (exact) mass is 526 g/mol. The van der Waals surface area contributed by atoms with Crippen LogP contribution in [0.2, 0.25) is 0 Å². The van der Waals surface area contributed by atoms with Crippen molar-refractivity contribution in [3.8, 4) is 0 Å². The molecule has 206 valence electrons. The van der Waals surface area contributed by atoms with E-state index in [1.807, 2.05) is 0 Å². The molecule has 0 heterocycles. The molecule has 0 aromatic rings. The summed E-state index contributed by atoms with van der Waals surface area (Å²) in [6.45, 7) is 7.07. The Hall–Kier alpha value is 0.250. The van der Waals surface area contributed by atoms with Gasteiger partial charge >= 0.3 is 8.60 Å². The van der Waals surface area contributed by atoms with Crippen molar-refractivity contribution in [1.29, 1.82) is 0 Å². The summed E-state index contributed by atoms with van der Waals surface area (Å²) in [5.41, 5.74) is 0. The highest BCUT2D eigenvalue weighted by molar-refractivity contribution is 7.96. The number of likely N-dealkylation sites (N-methyl/N-ethyl adjacent to an activating group) is 1. The van der Waals surface area contributed by atoms with Crippen LogP contribution < -0.4 is 0 Å². The third-order valence-electron chi connectivity index (χ3n) is 5.24. The Morgan fingerprint density at radius 1 is 0.706 bits per heavy atom. The molecule has 8 heteroatoms. The van der Waals surface area contributed by atoms with E-state index in [0.717, 1.165) is 30.5 Å². The molecule has 1 atom stereocenters. The lowest BCUT2D eigenvalue weighted by Gasteiger charge is -2.23. The van der Waals surface area contributed by atoms with E-state index < -0.39 is 8.60 Å². The third kappa shape index (κ3) is 39.5. The smallest absolute Gasteiger partial charge is 0.330 e. The quantitative estimate of drug-likeness (QED) is 0.0598. The number of ether oxygens (including phenoxy) is 1. The van der Waals surface area contributed by atoms with E-state index in [1.165, 1.54) is 90.4 Å². The number of rotatable bonds is 24. The maximum absolute atomic E-state index is 9.66. The van der Waals surface area contributed by atoms with Gasteiger partial charge < -0.3 is 23.2 Å². The number of carbonyl (C=O) groups excluding carboxylic acids is 1. The highest BCUT2D eigenvalue weighted by atomic mass is 32.1. The van der Waals surface area contributed by atoms with Crippen molar-refractivity contribution in [3.05, 3.63) is 0 Å². The standard InChI is InChI=1S/C24H53NO4P.C2H4OS/c1-5-6-7-8-9-10-11-12-13-14-15-16-17-18-21-27-22-19-23-28-30(26)29-24-20-25(2,3)4;1-2(3)4/h26H,5-24H2,1-4H3;1H3,(H,3,4)/q+1;. The summed E-state index contributed by atoms with van der Waals surface area (Å²) in [5, 5.41) is -0.139. The minimum atomic E-state index is -1.74. The second-order valence-corrected chi connectivity index (χ2v) is 11.6. The molecule has 0 radical (unpaired) electrons. The number of nitrogens with zero attached hydrogens (tertiary/aromatic N) is 1. The molecule has 0 fully saturated rings. The van der Waals surface area contributed by atoms with Crippen LogP contribution >= 0.6 is 21.2 Å². The molecule has 0 saturated carbocycles. The maximum Gasteiger partial charge on any atom is 0.330 e. The molecule has 6 nitrogen and oxygen atoms in total. The normalized spacial score (nSPS) is 12.3. The van der Waals surface area contributed by atoms with Gasteiger partial charge in [-0.1, -0.05) is 90.4 Å². The van der Waals surface area contributed by atoms with E-state index in [0.29, 0.717) is 19.8 Å². The number of hydrogen-bond acceptors (Lipinski definition) is 5. The van der Waals surface area contributed by atoms with Gasteiger partial charge in [-0.15, -0.1) is 12.6 Å². The van der Waals surface area contributed by atoms with Crippen molar-refractivity contribution in [1.82, 2.24) is 0 Å². The van der Waals surface area contributed by atoms with Crippen LogP contribution in [0.25, 0.3) is 0 Å². The van der Waals surface area contributed by atoms with Gasteiger partial charge in [-0.25, -0.2) is 0 Å². The Kier molecular flexibility index (Phi) is 29.8. The minimum absolute atomic E-state index is 0.139. The van der Waals surface area contributed by atoms with Gasteiger partial charge in [0, 0.05) is 20.1 Å². The average Bonchev–Trinajstić information content (AvgIpc) is 2.74. The zero-order valence-corrected chi connectivity index (χ0v) is 24.9. The Morgan fingerprint density at radius 2 is 1.09 bits per heavy atom. The highest BCUT2D eigenvalue weighted by Crippen LogP contribution is 2.32. The van der Waals surface area contributed by atoms with Crippen LogP contribution in [-0.4, -0.2) is 68.6 Å². The molecule has 0 rings (SSSR count). The van der Waals surface area contributed by atoms with Gasteiger partial charge in [-0.05, 0) is 12.8 Å². The van der Waals surface area contributed by atoms with E-state index in [9.17, 15) is 9.69 Å². The molecule has 0 spiro atoms. The van der Waals surface area contributed by atoms with E-state index in [4.69, 9.17) is 13.8 Å². The van der Waals surface area contributed by atoms with E-state index in [-0.39, 0.29) is 5.12 Å². The summed E-state index contributed by atoms with van der Waals surface area (Å²) >= 11 is 3.33. The molecule has 0 aliphatic rings. The third-order valence-corrected chi connectivity index (χ3v) is 6.05. The molecule has 1 N–H and O–H groups in total. The second-order valence-electron chi connectivity index (χ2n) is 10.00. The van der Waals surface area contributed by atoms with E-state index in [2.05, 4.69) is 40.7 Å². The van der Waals surface area contributed by atoms with Crippen molar-refractivity contribution >= 4 is 26.3 Å². The van der Waals surface area contributed by atoms with E-state index >= 15 is 0 Å². The van der Waals surface area contributed by atoms with Crippen molar-refractivity contribution in [3.63, 3.8) is 0 Å². The van der Waals surface area contributed by atoms with Crippen LogP contribution in [0.3, 0.4) is 0 Å². The predicted molar refractivity (Wildman–Crippen MR) is 149 cm³/mol. The molecule has 34 heavy (non-hydrogen) atoms. The number of carbonyl (C=O) groups is 1. The number of thiol groups is 1. The van der Waals surface area contributed by atoms with Crippen molar-refractivity contribution in [2.45, 2.75) is 110 Å². The highest BCUT2D eigenvalue weighted by Gasteiger charge is 2.11. The summed E-state index contributed by atoms with van der Waals surface area (Å²) in [6, 6.07) is 0. The SMILES string of the molecule is CC(=O)S.CCCCCCCCCCCCCCCCOCCCOP(O)OCC[N+](C)(C)C. The molecular weight excluding hydrogens is 469 g/mol. The lowest BCUT2D eigenvalue weighted by molar-refractivity contribution is -0.870. The molecule has 0 aromatic heterocycles. The molecule has 1 unspecified atom stereocenters. The summed E-state index contributed by atoms with van der Waals surface area (Å²) in [4.78, 5) is 19.0. The summed E-state index contributed by atoms with van der Waals surface area (Å²) < 4.78 is 17.1. The Balaban J connectivity index is 0. The van der Waals surface area contributed by atoms with Gasteiger partial charge in [0.25, 0.3) is 0 Å². The zero-order chi connectivity index (χ0) is 25.9. The second kappa shape index (κ2) is 27.8. The fourth-order valence-corrected chi connectivity index (χ4v) is 3.83. The molecule has 0 bridgehead atoms. The van der Waals surface area contributed by atoms with Crippen LogP contribution in [0, 0.1) is 0 Å². The number of quaternary nitrogens is 1. The Bertz CT molecular complexity index is 420. The van der Waals surface area contributed by atoms with Gasteiger partial charge in [0.05, 0.1) is 27.7 Å². The van der Waals surface area contributed by atoms with Crippen LogP contribution in [0.15, 0.2) is 0 Å². The summed E-state index contributed by atoms with van der Waals surface area (Å²) in [6.07, 6.45) is 20.1. The molecule has 0 aliphatic heterocycles. The fourth-order valence-electron chi connectivity index (χ4n) is 3.23. The van der Waals surface area contributed by atoms with Crippen LogP contribution in [-0.2, 0) is 18.6 Å². The topological polar surface area (TPSA) is 65.0 Å². The molecule has 0 saturated heterocycles. The first-order valence-corrected chi connectivity index (χ1v) is 15.1. The lowest BCUT2D eigenvalue weighted by Crippen LogP contribution is -2.37. The van der Waals surface area contributed by atoms with Crippen molar-refractivity contribution < 1.29 is 28.0 Å². The Labute approximate surface area is 218 Å². The van der Waals surface area contributed by atoms with E-state index in [1.54, 1.807) is 0 Å². The Morgan fingerprint density at radius 3 is 1.53 bits per heavy atom. The lowest BCUT2D eigenvalue weighted by atomic mass is 10.0. The molecule has 0 aromatic carbocycles. The first-order chi connectivity index (χ1) is 16.2. The largest absolute Gasteiger partial charge is 0.381 e. The van der Waals surface area contributed by atoms with Gasteiger partial charge in [0.1, 0.15) is 13.2 Å². The summed E-state index contributed by atoms with van der Waals surface area (Å²) in [5.74, 6) is 0. The fraction of sp³-hybridized carbons (Fsp3) is 0.962. The summed E-state index contributed by atoms with van der Waals surface area (Å²) in [7, 11) is 4.54. The van der Waals surface area contributed by atoms with Crippen LogP contribution in [0.5, 0.6) is 0 Å². The minimum Gasteiger partial charge on any atom is -0.381 e. The zero-order valence-electron chi connectivity index (χ0n) is 23.1. The van der Waals surface area contributed by atoms with Gasteiger partial charge in [0.15, 0.2) is 5.12 Å². The number of hydrogen-bond donors (Lipinski definition) is 2. The first-order valence-electron chi connectivity index (χ1n) is 13.5. The average molecular weight is 527 g/mol. The molecule has 0 amide bonds. The molecule has 0 aliphatic carbocycles. The number of unbranched alkanes of at least 4 members (excludes halogenated alkanes) is 13. The van der Waals surface area contributed by atoms with Crippen LogP contribution in [0.1, 0.15) is 110 Å². The van der Waals surface area contributed by atoms with Crippen molar-refractivity contribution in [2.75, 3.05) is 54.1 Å². The maximum atomic E-state index is 9.66. The predicted octanol–water partition coefficient (Wildman–Crippen LogP) is 7.30. The van der Waals surface area contributed by atoms with Gasteiger partial charge in [-0.2, -0.15) is 0 Å². The molecular formula is C26H57NO5PS+.